The van der Waals surface area contributed by atoms with E-state index in [0.29, 0.717) is 17.9 Å². The lowest BCUT2D eigenvalue weighted by Crippen LogP contribution is -2.56. The number of halogens is 1. The number of carbonyl (C=O) groups is 1. The van der Waals surface area contributed by atoms with Gasteiger partial charge in [-0.25, -0.2) is 0 Å². The second-order valence-corrected chi connectivity index (χ2v) is 5.40. The van der Waals surface area contributed by atoms with E-state index >= 15 is 0 Å². The molecule has 2 fully saturated rings. The van der Waals surface area contributed by atoms with Crippen LogP contribution in [-0.2, 0) is 4.79 Å². The van der Waals surface area contributed by atoms with Crippen LogP contribution in [-0.4, -0.2) is 62.0 Å². The normalized spacial score (nSPS) is 30.3. The van der Waals surface area contributed by atoms with E-state index in [-0.39, 0.29) is 18.3 Å². The topological polar surface area (TPSA) is 35.6 Å². The molecule has 2 aliphatic rings. The number of rotatable bonds is 2. The van der Waals surface area contributed by atoms with Gasteiger partial charge in [-0.3, -0.25) is 4.79 Å². The molecule has 1 N–H and O–H groups in total. The van der Waals surface area contributed by atoms with E-state index in [9.17, 15) is 4.79 Å². The van der Waals surface area contributed by atoms with Crippen LogP contribution in [0.15, 0.2) is 0 Å². The van der Waals surface area contributed by atoms with Crippen molar-refractivity contribution in [2.45, 2.75) is 19.4 Å². The van der Waals surface area contributed by atoms with Gasteiger partial charge in [0.25, 0.3) is 0 Å². The first-order chi connectivity index (χ1) is 7.59. The van der Waals surface area contributed by atoms with E-state index in [1.807, 2.05) is 11.9 Å². The summed E-state index contributed by atoms with van der Waals surface area (Å²) < 4.78 is 0. The van der Waals surface area contributed by atoms with Gasteiger partial charge in [-0.1, -0.05) is 6.92 Å². The zero-order chi connectivity index (χ0) is 11.7. The third-order valence-electron chi connectivity index (χ3n) is 4.04. The Morgan fingerprint density at radius 2 is 2.06 bits per heavy atom. The van der Waals surface area contributed by atoms with Crippen LogP contribution < -0.4 is 5.32 Å². The summed E-state index contributed by atoms with van der Waals surface area (Å²) in [4.78, 5) is 16.5. The predicted molar refractivity (Wildman–Crippen MR) is 71.4 cm³/mol. The van der Waals surface area contributed by atoms with Crippen LogP contribution in [0.3, 0.4) is 0 Å². The van der Waals surface area contributed by atoms with Gasteiger partial charge in [-0.15, -0.1) is 12.4 Å². The number of carbonyl (C=O) groups excluding carboxylic acids is 1. The molecular formula is C12H24ClN3O. The van der Waals surface area contributed by atoms with Crippen molar-refractivity contribution in [3.63, 3.8) is 0 Å². The third-order valence-corrected chi connectivity index (χ3v) is 4.04. The Bertz CT molecular complexity index is 270. The van der Waals surface area contributed by atoms with Crippen molar-refractivity contribution in [3.05, 3.63) is 0 Å². The highest BCUT2D eigenvalue weighted by molar-refractivity contribution is 5.85. The molecule has 1 amide bonds. The standard InChI is InChI=1S/C12H23N3O.ClH/c1-9-8-14(2)5-4-11(9)15(3)12(16)10-6-13-7-10;/h9-11,13H,4-8H2,1-3H3;1H. The molecule has 2 unspecified atom stereocenters. The first-order valence-electron chi connectivity index (χ1n) is 6.25. The Morgan fingerprint density at radius 3 is 2.53 bits per heavy atom. The lowest BCUT2D eigenvalue weighted by atomic mass is 9.91. The second kappa shape index (κ2) is 6.03. The summed E-state index contributed by atoms with van der Waals surface area (Å²) in [6, 6.07) is 0.435. The molecule has 5 heteroatoms. The molecule has 0 aromatic rings. The maximum atomic E-state index is 12.1. The molecule has 0 aliphatic carbocycles. The molecule has 2 atom stereocenters. The van der Waals surface area contributed by atoms with Crippen LogP contribution in [0.2, 0.25) is 0 Å². The Balaban J connectivity index is 0.00000144. The fourth-order valence-corrected chi connectivity index (χ4v) is 2.83. The molecule has 100 valence electrons. The first-order valence-corrected chi connectivity index (χ1v) is 6.25. The van der Waals surface area contributed by atoms with Crippen molar-refractivity contribution >= 4 is 18.3 Å². The number of piperidine rings is 1. The molecule has 4 nitrogen and oxygen atoms in total. The third kappa shape index (κ3) is 3.12. The number of hydrogen-bond acceptors (Lipinski definition) is 3. The summed E-state index contributed by atoms with van der Waals surface area (Å²) in [6.07, 6.45) is 1.11. The van der Waals surface area contributed by atoms with Crippen molar-refractivity contribution in [1.29, 1.82) is 0 Å². The summed E-state index contributed by atoms with van der Waals surface area (Å²) in [5.41, 5.74) is 0. The lowest BCUT2D eigenvalue weighted by molar-refractivity contribution is -0.139. The van der Waals surface area contributed by atoms with Gasteiger partial charge in [0.2, 0.25) is 5.91 Å². The van der Waals surface area contributed by atoms with E-state index in [1.165, 1.54) is 0 Å². The number of likely N-dealkylation sites (tertiary alicyclic amines) is 1. The van der Waals surface area contributed by atoms with Crippen LogP contribution in [0.4, 0.5) is 0 Å². The van der Waals surface area contributed by atoms with Gasteiger partial charge in [-0.2, -0.15) is 0 Å². The van der Waals surface area contributed by atoms with Gasteiger partial charge < -0.3 is 15.1 Å². The van der Waals surface area contributed by atoms with Crippen molar-refractivity contribution < 1.29 is 4.79 Å². The molecule has 0 aromatic carbocycles. The Kier molecular flexibility index (Phi) is 5.22. The van der Waals surface area contributed by atoms with E-state index in [2.05, 4.69) is 24.2 Å². The van der Waals surface area contributed by atoms with Crippen molar-refractivity contribution in [3.8, 4) is 0 Å². The van der Waals surface area contributed by atoms with Crippen molar-refractivity contribution in [2.75, 3.05) is 40.3 Å². The highest BCUT2D eigenvalue weighted by Gasteiger charge is 2.34. The molecule has 0 bridgehead atoms. The summed E-state index contributed by atoms with van der Waals surface area (Å²) in [6.45, 7) is 6.19. The molecule has 0 saturated carbocycles. The minimum Gasteiger partial charge on any atom is -0.342 e. The van der Waals surface area contributed by atoms with Crippen LogP contribution in [0.1, 0.15) is 13.3 Å². The molecule has 2 heterocycles. The monoisotopic (exact) mass is 261 g/mol. The Morgan fingerprint density at radius 1 is 1.41 bits per heavy atom. The molecule has 2 rings (SSSR count). The van der Waals surface area contributed by atoms with Crippen LogP contribution in [0, 0.1) is 11.8 Å². The van der Waals surface area contributed by atoms with Gasteiger partial charge in [0.1, 0.15) is 0 Å². The predicted octanol–water partition coefficient (Wildman–Crippen LogP) is 0.426. The van der Waals surface area contributed by atoms with Gasteiger partial charge in [0.15, 0.2) is 0 Å². The van der Waals surface area contributed by atoms with Gasteiger partial charge in [0.05, 0.1) is 5.92 Å². The van der Waals surface area contributed by atoms with Crippen molar-refractivity contribution in [1.82, 2.24) is 15.1 Å². The first kappa shape index (κ1) is 14.7. The molecule has 2 aliphatic heterocycles. The number of hydrogen-bond donors (Lipinski definition) is 1. The number of amides is 1. The molecule has 2 saturated heterocycles. The quantitative estimate of drug-likeness (QED) is 0.783. The fraction of sp³-hybridized carbons (Fsp3) is 0.917. The second-order valence-electron chi connectivity index (χ2n) is 5.40. The number of nitrogens with one attached hydrogen (secondary N) is 1. The smallest absolute Gasteiger partial charge is 0.228 e. The molecule has 0 spiro atoms. The number of nitrogens with zero attached hydrogens (tertiary/aromatic N) is 2. The Hall–Kier alpha value is -0.320. The maximum Gasteiger partial charge on any atom is 0.228 e. The van der Waals surface area contributed by atoms with Crippen LogP contribution in [0.25, 0.3) is 0 Å². The summed E-state index contributed by atoms with van der Waals surface area (Å²) in [5, 5.41) is 3.16. The average molecular weight is 262 g/mol. The lowest BCUT2D eigenvalue weighted by Gasteiger charge is -2.42. The van der Waals surface area contributed by atoms with E-state index in [4.69, 9.17) is 0 Å². The minimum absolute atomic E-state index is 0. The summed E-state index contributed by atoms with van der Waals surface area (Å²) >= 11 is 0. The molecule has 0 aromatic heterocycles. The fourth-order valence-electron chi connectivity index (χ4n) is 2.83. The highest BCUT2D eigenvalue weighted by atomic mass is 35.5. The zero-order valence-electron chi connectivity index (χ0n) is 11.0. The summed E-state index contributed by atoms with van der Waals surface area (Å²) in [5.74, 6) is 1.15. The molecular weight excluding hydrogens is 238 g/mol. The SMILES string of the molecule is CC1CN(C)CCC1N(C)C(=O)C1CNC1.Cl. The van der Waals surface area contributed by atoms with E-state index in [1.54, 1.807) is 0 Å². The van der Waals surface area contributed by atoms with Gasteiger partial charge in [-0.05, 0) is 25.9 Å². The highest BCUT2D eigenvalue weighted by Crippen LogP contribution is 2.22. The van der Waals surface area contributed by atoms with Crippen molar-refractivity contribution in [2.24, 2.45) is 11.8 Å². The van der Waals surface area contributed by atoms with E-state index < -0.39 is 0 Å². The van der Waals surface area contributed by atoms with E-state index in [0.717, 1.165) is 32.6 Å². The maximum absolute atomic E-state index is 12.1. The summed E-state index contributed by atoms with van der Waals surface area (Å²) in [7, 11) is 4.14. The van der Waals surface area contributed by atoms with Crippen LogP contribution in [0.5, 0.6) is 0 Å². The minimum atomic E-state index is 0. The molecule has 17 heavy (non-hydrogen) atoms. The zero-order valence-corrected chi connectivity index (χ0v) is 11.8. The van der Waals surface area contributed by atoms with Gasteiger partial charge >= 0.3 is 0 Å². The van der Waals surface area contributed by atoms with Crippen LogP contribution >= 0.6 is 12.4 Å². The van der Waals surface area contributed by atoms with Gasteiger partial charge in [0, 0.05) is 32.7 Å². The Labute approximate surface area is 110 Å². The average Bonchev–Trinajstić information content (AvgIpc) is 2.14. The molecule has 0 radical (unpaired) electrons. The largest absolute Gasteiger partial charge is 0.342 e.